The van der Waals surface area contributed by atoms with Crippen molar-refractivity contribution in [1.29, 1.82) is 0 Å². The molecule has 1 fully saturated rings. The van der Waals surface area contributed by atoms with E-state index in [1.807, 2.05) is 6.07 Å². The molecule has 5 nitrogen and oxygen atoms in total. The van der Waals surface area contributed by atoms with Crippen LogP contribution in [-0.4, -0.2) is 26.7 Å². The lowest BCUT2D eigenvalue weighted by Crippen LogP contribution is -2.37. The van der Waals surface area contributed by atoms with Crippen LogP contribution in [0, 0.1) is 5.92 Å². The molecule has 2 N–H and O–H groups in total. The monoisotopic (exact) mass is 361 g/mol. The van der Waals surface area contributed by atoms with E-state index < -0.39 is 0 Å². The normalized spacial score (nSPS) is 17.5. The topological polar surface area (TPSA) is 66.5 Å². The van der Waals surface area contributed by atoms with Crippen molar-refractivity contribution in [3.63, 3.8) is 0 Å². The van der Waals surface area contributed by atoms with Gasteiger partial charge in [0.1, 0.15) is 0 Å². The Morgan fingerprint density at radius 1 is 0.963 bits per heavy atom. The second-order valence-corrected chi connectivity index (χ2v) is 7.56. The van der Waals surface area contributed by atoms with Gasteiger partial charge in [0.25, 0.3) is 0 Å². The van der Waals surface area contributed by atoms with Gasteiger partial charge in [-0.15, -0.1) is 10.2 Å². The number of hydrogen-bond acceptors (Lipinski definition) is 4. The second-order valence-electron chi connectivity index (χ2n) is 7.56. The largest absolute Gasteiger partial charge is 0.303 e. The van der Waals surface area contributed by atoms with Crippen LogP contribution in [0.4, 0.5) is 0 Å². The average Bonchev–Trinajstić information content (AvgIpc) is 3.28. The molecule has 5 heteroatoms. The Bertz CT molecular complexity index is 825. The lowest BCUT2D eigenvalue weighted by molar-refractivity contribution is 0.272. The lowest BCUT2D eigenvalue weighted by atomic mass is 9.83. The van der Waals surface area contributed by atoms with Crippen LogP contribution in [0.5, 0.6) is 0 Å². The smallest absolute Gasteiger partial charge is 0.204 e. The van der Waals surface area contributed by atoms with Crippen LogP contribution in [0.2, 0.25) is 0 Å². The molecule has 1 unspecified atom stereocenters. The molecule has 0 spiro atoms. The summed E-state index contributed by atoms with van der Waals surface area (Å²) in [4.78, 5) is 0. The molecule has 2 atom stereocenters. The highest BCUT2D eigenvalue weighted by Crippen LogP contribution is 2.30. The van der Waals surface area contributed by atoms with Crippen molar-refractivity contribution in [2.24, 2.45) is 5.92 Å². The number of rotatable bonds is 6. The summed E-state index contributed by atoms with van der Waals surface area (Å²) < 4.78 is 0. The minimum atomic E-state index is 0.148. The maximum absolute atomic E-state index is 4.13. The van der Waals surface area contributed by atoms with Crippen molar-refractivity contribution in [3.05, 3.63) is 65.7 Å². The minimum Gasteiger partial charge on any atom is -0.303 e. The lowest BCUT2D eigenvalue weighted by Gasteiger charge is -2.32. The third kappa shape index (κ3) is 4.25. The summed E-state index contributed by atoms with van der Waals surface area (Å²) in [7, 11) is 0. The van der Waals surface area contributed by atoms with Gasteiger partial charge in [0.15, 0.2) is 0 Å². The molecule has 1 saturated carbocycles. The third-order valence-electron chi connectivity index (χ3n) is 5.74. The van der Waals surface area contributed by atoms with Crippen LogP contribution < -0.4 is 5.32 Å². The van der Waals surface area contributed by atoms with E-state index in [9.17, 15) is 0 Å². The van der Waals surface area contributed by atoms with Gasteiger partial charge in [-0.1, -0.05) is 67.8 Å². The maximum Gasteiger partial charge on any atom is 0.204 e. The minimum absolute atomic E-state index is 0.148. The molecule has 0 bridgehead atoms. The molecule has 140 valence electrons. The fourth-order valence-corrected chi connectivity index (χ4v) is 4.20. The summed E-state index contributed by atoms with van der Waals surface area (Å²) in [5, 5.41) is 18.4. The molecule has 3 aromatic rings. The SMILES string of the molecule is C[C@@H](NC(c1ccccc1)c1cccc(-c2nn[nH]n2)c1)C1CCCCC1. The van der Waals surface area contributed by atoms with Crippen LogP contribution in [0.3, 0.4) is 0 Å². The number of nitrogens with zero attached hydrogens (tertiary/aromatic N) is 3. The van der Waals surface area contributed by atoms with Crippen molar-refractivity contribution < 1.29 is 0 Å². The Morgan fingerprint density at radius 3 is 2.48 bits per heavy atom. The average molecular weight is 361 g/mol. The van der Waals surface area contributed by atoms with E-state index in [1.54, 1.807) is 0 Å². The van der Waals surface area contributed by atoms with Crippen LogP contribution in [0.25, 0.3) is 11.4 Å². The molecule has 1 aliphatic carbocycles. The van der Waals surface area contributed by atoms with Gasteiger partial charge < -0.3 is 5.32 Å². The van der Waals surface area contributed by atoms with Gasteiger partial charge in [0.05, 0.1) is 6.04 Å². The van der Waals surface area contributed by atoms with Crippen molar-refractivity contribution in [2.75, 3.05) is 0 Å². The predicted octanol–water partition coefficient (Wildman–Crippen LogP) is 4.51. The van der Waals surface area contributed by atoms with Gasteiger partial charge in [-0.25, -0.2) is 0 Å². The van der Waals surface area contributed by atoms with E-state index in [0.29, 0.717) is 11.9 Å². The summed E-state index contributed by atoms with van der Waals surface area (Å²) in [6.45, 7) is 2.34. The summed E-state index contributed by atoms with van der Waals surface area (Å²) in [5.41, 5.74) is 3.49. The molecule has 0 saturated heterocycles. The number of aromatic nitrogens is 4. The second kappa shape index (κ2) is 8.44. The molecule has 27 heavy (non-hydrogen) atoms. The van der Waals surface area contributed by atoms with Gasteiger partial charge in [-0.3, -0.25) is 0 Å². The van der Waals surface area contributed by atoms with Crippen LogP contribution in [-0.2, 0) is 0 Å². The first-order chi connectivity index (χ1) is 13.3. The highest BCUT2D eigenvalue weighted by atomic mass is 15.5. The van der Waals surface area contributed by atoms with Crippen LogP contribution in [0.1, 0.15) is 56.2 Å². The summed E-state index contributed by atoms with van der Waals surface area (Å²) >= 11 is 0. The molecule has 1 heterocycles. The maximum atomic E-state index is 4.13. The van der Waals surface area contributed by atoms with E-state index in [2.05, 4.69) is 81.4 Å². The number of tetrazole rings is 1. The van der Waals surface area contributed by atoms with E-state index in [-0.39, 0.29) is 6.04 Å². The molecule has 1 aliphatic rings. The predicted molar refractivity (Wildman–Crippen MR) is 107 cm³/mol. The Balaban J connectivity index is 1.63. The highest BCUT2D eigenvalue weighted by molar-refractivity contribution is 5.56. The van der Waals surface area contributed by atoms with Gasteiger partial charge in [-0.05, 0) is 48.1 Å². The zero-order chi connectivity index (χ0) is 18.5. The summed E-state index contributed by atoms with van der Waals surface area (Å²) in [6.07, 6.45) is 6.77. The number of nitrogens with one attached hydrogen (secondary N) is 2. The number of hydrogen-bond donors (Lipinski definition) is 2. The number of aromatic amines is 1. The first kappa shape index (κ1) is 17.9. The van der Waals surface area contributed by atoms with E-state index in [4.69, 9.17) is 0 Å². The molecule has 1 aromatic heterocycles. The van der Waals surface area contributed by atoms with Gasteiger partial charge >= 0.3 is 0 Å². The van der Waals surface area contributed by atoms with Crippen LogP contribution in [0.15, 0.2) is 54.6 Å². The quantitative estimate of drug-likeness (QED) is 0.678. The Labute approximate surface area is 160 Å². The summed E-state index contributed by atoms with van der Waals surface area (Å²) in [5.74, 6) is 1.38. The molecule has 0 amide bonds. The van der Waals surface area contributed by atoms with E-state index in [0.717, 1.165) is 11.5 Å². The Hall–Kier alpha value is -2.53. The molecule has 0 radical (unpaired) electrons. The molecule has 4 rings (SSSR count). The van der Waals surface area contributed by atoms with Crippen molar-refractivity contribution in [2.45, 2.75) is 51.1 Å². The molecular formula is C22H27N5. The third-order valence-corrected chi connectivity index (χ3v) is 5.74. The Kier molecular flexibility index (Phi) is 5.58. The fourth-order valence-electron chi connectivity index (χ4n) is 4.20. The highest BCUT2D eigenvalue weighted by Gasteiger charge is 2.24. The number of H-pyrrole nitrogens is 1. The standard InChI is InChI=1S/C22H27N5/c1-16(17-9-4-2-5-10-17)23-21(18-11-6-3-7-12-18)19-13-8-14-20(15-19)22-24-26-27-25-22/h3,6-8,11-17,21,23H,2,4-5,9-10H2,1H3,(H,24,25,26,27)/t16-,21?/m1/s1. The first-order valence-corrected chi connectivity index (χ1v) is 9.96. The zero-order valence-electron chi connectivity index (χ0n) is 15.8. The molecule has 2 aromatic carbocycles. The van der Waals surface area contributed by atoms with Crippen molar-refractivity contribution in [1.82, 2.24) is 25.9 Å². The van der Waals surface area contributed by atoms with Crippen molar-refractivity contribution in [3.8, 4) is 11.4 Å². The van der Waals surface area contributed by atoms with Gasteiger partial charge in [0.2, 0.25) is 5.82 Å². The Morgan fingerprint density at radius 2 is 1.74 bits per heavy atom. The van der Waals surface area contributed by atoms with Crippen LogP contribution >= 0.6 is 0 Å². The van der Waals surface area contributed by atoms with Gasteiger partial charge in [0, 0.05) is 11.6 Å². The molecular weight excluding hydrogens is 334 g/mol. The van der Waals surface area contributed by atoms with Crippen molar-refractivity contribution >= 4 is 0 Å². The van der Waals surface area contributed by atoms with Gasteiger partial charge in [-0.2, -0.15) is 5.21 Å². The van der Waals surface area contributed by atoms with E-state index >= 15 is 0 Å². The summed E-state index contributed by atoms with van der Waals surface area (Å²) in [6, 6.07) is 19.8. The fraction of sp³-hybridized carbons (Fsp3) is 0.409. The zero-order valence-corrected chi connectivity index (χ0v) is 15.8. The van der Waals surface area contributed by atoms with E-state index in [1.165, 1.54) is 43.2 Å². The number of benzene rings is 2. The molecule has 0 aliphatic heterocycles. The first-order valence-electron chi connectivity index (χ1n) is 9.96.